The molecule has 5 heteroatoms. The number of aryl methyl sites for hydroxylation is 1. The summed E-state index contributed by atoms with van der Waals surface area (Å²) in [5.74, 6) is 0.981. The van der Waals surface area contributed by atoms with E-state index in [2.05, 4.69) is 47.6 Å². The minimum atomic E-state index is 0.142. The Morgan fingerprint density at radius 2 is 2.00 bits per heavy atom. The zero-order valence-corrected chi connectivity index (χ0v) is 18.0. The molecule has 158 valence electrons. The molecule has 0 radical (unpaired) electrons. The van der Waals surface area contributed by atoms with Crippen molar-refractivity contribution in [2.75, 3.05) is 26.7 Å². The molecule has 3 aromatic rings. The zero-order valence-electron chi connectivity index (χ0n) is 18.0. The number of aromatic nitrogens is 1. The van der Waals surface area contributed by atoms with Gasteiger partial charge in [0.2, 0.25) is 5.91 Å². The molecule has 0 bridgehead atoms. The summed E-state index contributed by atoms with van der Waals surface area (Å²) in [6.45, 7) is 5.40. The van der Waals surface area contributed by atoms with Gasteiger partial charge < -0.3 is 19.9 Å². The summed E-state index contributed by atoms with van der Waals surface area (Å²) >= 11 is 0. The molecule has 4 rings (SSSR count). The van der Waals surface area contributed by atoms with Crippen molar-refractivity contribution in [1.29, 1.82) is 0 Å². The number of likely N-dealkylation sites (tertiary alicyclic amines) is 1. The van der Waals surface area contributed by atoms with Gasteiger partial charge in [0.25, 0.3) is 0 Å². The first-order valence-corrected chi connectivity index (χ1v) is 11.0. The predicted octanol–water partition coefficient (Wildman–Crippen LogP) is 2.96. The molecule has 1 fully saturated rings. The molecule has 0 saturated carbocycles. The third kappa shape index (κ3) is 4.36. The molecular formula is C25H32N3O2+. The lowest BCUT2D eigenvalue weighted by molar-refractivity contribution is -0.909. The Bertz CT molecular complexity index is 993. The van der Waals surface area contributed by atoms with E-state index >= 15 is 0 Å². The molecule has 2 aromatic carbocycles. The van der Waals surface area contributed by atoms with Gasteiger partial charge in [-0.3, -0.25) is 4.79 Å². The number of hydrogen-bond donors (Lipinski definition) is 3. The highest BCUT2D eigenvalue weighted by atomic mass is 16.5. The average molecular weight is 407 g/mol. The molecule has 5 nitrogen and oxygen atoms in total. The van der Waals surface area contributed by atoms with Crippen LogP contribution in [0.4, 0.5) is 0 Å². The van der Waals surface area contributed by atoms with Gasteiger partial charge >= 0.3 is 0 Å². The average Bonchev–Trinajstić information content (AvgIpc) is 3.40. The van der Waals surface area contributed by atoms with E-state index in [1.807, 2.05) is 18.2 Å². The SMILES string of the molecule is CC[NH+]1CCC[C@H]1CNC(=O)CCc1c(-c2ccc(OC)cc2)[nH]c2ccccc12. The molecular weight excluding hydrogens is 374 g/mol. The van der Waals surface area contributed by atoms with Gasteiger partial charge in [-0.15, -0.1) is 0 Å². The van der Waals surface area contributed by atoms with Crippen molar-refractivity contribution in [2.24, 2.45) is 0 Å². The van der Waals surface area contributed by atoms with Gasteiger partial charge in [-0.05, 0) is 54.8 Å². The van der Waals surface area contributed by atoms with Crippen molar-refractivity contribution in [3.8, 4) is 17.0 Å². The number of methoxy groups -OCH3 is 1. The fraction of sp³-hybridized carbons (Fsp3) is 0.400. The van der Waals surface area contributed by atoms with Crippen molar-refractivity contribution in [2.45, 2.75) is 38.6 Å². The zero-order chi connectivity index (χ0) is 20.9. The summed E-state index contributed by atoms with van der Waals surface area (Å²) in [4.78, 5) is 17.8. The lowest BCUT2D eigenvalue weighted by Crippen LogP contribution is -3.14. The number of ether oxygens (including phenoxy) is 1. The van der Waals surface area contributed by atoms with E-state index in [0.717, 1.165) is 35.6 Å². The number of para-hydroxylation sites is 1. The Morgan fingerprint density at radius 3 is 2.77 bits per heavy atom. The van der Waals surface area contributed by atoms with Crippen molar-refractivity contribution < 1.29 is 14.4 Å². The van der Waals surface area contributed by atoms with Crippen molar-refractivity contribution >= 4 is 16.8 Å². The van der Waals surface area contributed by atoms with Crippen LogP contribution in [0.15, 0.2) is 48.5 Å². The van der Waals surface area contributed by atoms with Gasteiger partial charge in [0, 0.05) is 35.9 Å². The third-order valence-corrected chi connectivity index (χ3v) is 6.42. The molecule has 2 atom stereocenters. The minimum Gasteiger partial charge on any atom is -0.497 e. The van der Waals surface area contributed by atoms with Gasteiger partial charge in [0.05, 0.1) is 26.7 Å². The van der Waals surface area contributed by atoms with E-state index in [9.17, 15) is 4.79 Å². The van der Waals surface area contributed by atoms with Crippen LogP contribution in [-0.4, -0.2) is 43.7 Å². The Morgan fingerprint density at radius 1 is 1.20 bits per heavy atom. The quantitative estimate of drug-likeness (QED) is 0.539. The first kappa shape index (κ1) is 20.5. The summed E-state index contributed by atoms with van der Waals surface area (Å²) in [5.41, 5.74) is 4.50. The molecule has 30 heavy (non-hydrogen) atoms. The third-order valence-electron chi connectivity index (χ3n) is 6.42. The van der Waals surface area contributed by atoms with Crippen LogP contribution in [0.3, 0.4) is 0 Å². The number of quaternary nitrogens is 1. The molecule has 0 aliphatic carbocycles. The summed E-state index contributed by atoms with van der Waals surface area (Å²) in [6.07, 6.45) is 3.70. The fourth-order valence-electron chi connectivity index (χ4n) is 4.72. The topological polar surface area (TPSA) is 58.6 Å². The number of amides is 1. The van der Waals surface area contributed by atoms with Crippen LogP contribution >= 0.6 is 0 Å². The van der Waals surface area contributed by atoms with E-state index < -0.39 is 0 Å². The van der Waals surface area contributed by atoms with Gasteiger partial charge in [0.1, 0.15) is 11.8 Å². The van der Waals surface area contributed by atoms with Crippen molar-refractivity contribution in [3.05, 3.63) is 54.1 Å². The maximum absolute atomic E-state index is 12.6. The van der Waals surface area contributed by atoms with Crippen LogP contribution in [-0.2, 0) is 11.2 Å². The van der Waals surface area contributed by atoms with Crippen LogP contribution in [0, 0.1) is 0 Å². The second kappa shape index (κ2) is 9.35. The van der Waals surface area contributed by atoms with Crippen molar-refractivity contribution in [1.82, 2.24) is 10.3 Å². The van der Waals surface area contributed by atoms with Gasteiger partial charge in [-0.2, -0.15) is 0 Å². The first-order chi connectivity index (χ1) is 14.7. The van der Waals surface area contributed by atoms with Crippen LogP contribution < -0.4 is 15.0 Å². The molecule has 1 aliphatic rings. The summed E-state index contributed by atoms with van der Waals surface area (Å²) in [5, 5.41) is 4.38. The van der Waals surface area contributed by atoms with E-state index in [0.29, 0.717) is 18.9 Å². The number of carbonyl (C=O) groups is 1. The number of rotatable bonds is 8. The van der Waals surface area contributed by atoms with Crippen LogP contribution in [0.5, 0.6) is 5.75 Å². The lowest BCUT2D eigenvalue weighted by Gasteiger charge is -2.20. The monoisotopic (exact) mass is 406 g/mol. The Balaban J connectivity index is 1.48. The lowest BCUT2D eigenvalue weighted by atomic mass is 10.0. The van der Waals surface area contributed by atoms with Gasteiger partial charge in [-0.1, -0.05) is 18.2 Å². The van der Waals surface area contributed by atoms with Gasteiger partial charge in [-0.25, -0.2) is 0 Å². The molecule has 0 spiro atoms. The van der Waals surface area contributed by atoms with E-state index in [1.165, 1.54) is 30.3 Å². The Hall–Kier alpha value is -2.79. The van der Waals surface area contributed by atoms with E-state index in [-0.39, 0.29) is 5.91 Å². The summed E-state index contributed by atoms with van der Waals surface area (Å²) in [7, 11) is 1.68. The normalized spacial score (nSPS) is 18.6. The maximum Gasteiger partial charge on any atom is 0.220 e. The highest BCUT2D eigenvalue weighted by Crippen LogP contribution is 2.32. The highest BCUT2D eigenvalue weighted by molar-refractivity contribution is 5.91. The molecule has 1 amide bonds. The smallest absolute Gasteiger partial charge is 0.220 e. The fourth-order valence-corrected chi connectivity index (χ4v) is 4.72. The number of nitrogens with one attached hydrogen (secondary N) is 3. The molecule has 1 unspecified atom stereocenters. The van der Waals surface area contributed by atoms with E-state index in [1.54, 1.807) is 12.0 Å². The molecule has 2 heterocycles. The second-order valence-electron chi connectivity index (χ2n) is 8.16. The highest BCUT2D eigenvalue weighted by Gasteiger charge is 2.27. The number of aromatic amines is 1. The number of hydrogen-bond acceptors (Lipinski definition) is 2. The summed E-state index contributed by atoms with van der Waals surface area (Å²) in [6, 6.07) is 17.0. The standard InChI is InChI=1S/C25H31N3O2/c1-3-28-16-6-7-19(28)17-26-24(29)15-14-22-21-8-4-5-9-23(21)27-25(22)18-10-12-20(30-2)13-11-18/h4-5,8-13,19,27H,3,6-7,14-17H2,1-2H3,(H,26,29)/p+1/t19-/m0/s1. The molecule has 1 aliphatic heterocycles. The first-order valence-electron chi connectivity index (χ1n) is 11.0. The van der Waals surface area contributed by atoms with Crippen LogP contribution in [0.25, 0.3) is 22.2 Å². The maximum atomic E-state index is 12.6. The number of fused-ring (bicyclic) bond motifs is 1. The van der Waals surface area contributed by atoms with Gasteiger partial charge in [0.15, 0.2) is 0 Å². The number of H-pyrrole nitrogens is 1. The van der Waals surface area contributed by atoms with E-state index in [4.69, 9.17) is 4.74 Å². The van der Waals surface area contributed by atoms with Crippen molar-refractivity contribution in [3.63, 3.8) is 0 Å². The minimum absolute atomic E-state index is 0.142. The molecule has 1 saturated heterocycles. The largest absolute Gasteiger partial charge is 0.497 e. The van der Waals surface area contributed by atoms with Crippen LogP contribution in [0.1, 0.15) is 31.7 Å². The molecule has 3 N–H and O–H groups in total. The predicted molar refractivity (Wildman–Crippen MR) is 121 cm³/mol. The second-order valence-corrected chi connectivity index (χ2v) is 8.16. The Labute approximate surface area is 178 Å². The number of carbonyl (C=O) groups excluding carboxylic acids is 1. The summed E-state index contributed by atoms with van der Waals surface area (Å²) < 4.78 is 5.29. The number of benzene rings is 2. The molecule has 1 aromatic heterocycles. The Kier molecular flexibility index (Phi) is 6.38. The van der Waals surface area contributed by atoms with Crippen LogP contribution in [0.2, 0.25) is 0 Å². The number of likely N-dealkylation sites (N-methyl/N-ethyl adjacent to an activating group) is 1.